The van der Waals surface area contributed by atoms with Crippen molar-refractivity contribution in [2.75, 3.05) is 6.61 Å². The van der Waals surface area contributed by atoms with Gasteiger partial charge in [-0.15, -0.1) is 0 Å². The minimum absolute atomic E-state index is 0.252. The van der Waals surface area contributed by atoms with Gasteiger partial charge < -0.3 is 9.84 Å². The lowest BCUT2D eigenvalue weighted by Crippen LogP contribution is -2.36. The van der Waals surface area contributed by atoms with Gasteiger partial charge in [-0.05, 0) is 24.8 Å². The van der Waals surface area contributed by atoms with E-state index in [9.17, 15) is 5.11 Å². The molecule has 0 amide bonds. The lowest BCUT2D eigenvalue weighted by molar-refractivity contribution is -0.0474. The molecule has 1 aromatic rings. The average molecular weight is 237 g/mol. The van der Waals surface area contributed by atoms with Gasteiger partial charge >= 0.3 is 0 Å². The summed E-state index contributed by atoms with van der Waals surface area (Å²) in [5.74, 6) is 0.717. The van der Waals surface area contributed by atoms with Gasteiger partial charge in [-0.3, -0.25) is 4.98 Å². The normalized spacial score (nSPS) is 15.4. The second-order valence-electron chi connectivity index (χ2n) is 5.58. The van der Waals surface area contributed by atoms with Crippen LogP contribution in [0.4, 0.5) is 0 Å². The molecule has 0 saturated carbocycles. The molecule has 96 valence electrons. The van der Waals surface area contributed by atoms with Crippen LogP contribution in [-0.4, -0.2) is 16.7 Å². The molecule has 1 N–H and O–H groups in total. The highest BCUT2D eigenvalue weighted by Crippen LogP contribution is 2.39. The van der Waals surface area contributed by atoms with Gasteiger partial charge in [-0.25, -0.2) is 0 Å². The Morgan fingerprint density at radius 3 is 2.41 bits per heavy atom. The van der Waals surface area contributed by atoms with Gasteiger partial charge in [-0.2, -0.15) is 0 Å². The molecule has 0 aliphatic carbocycles. The Balaban J connectivity index is 2.99. The summed E-state index contributed by atoms with van der Waals surface area (Å²) >= 11 is 0. The molecule has 3 heteroatoms. The third-order valence-corrected chi connectivity index (χ3v) is 3.21. The highest BCUT2D eigenvalue weighted by Gasteiger charge is 2.37. The van der Waals surface area contributed by atoms with Crippen LogP contribution in [0.25, 0.3) is 0 Å². The Morgan fingerprint density at radius 1 is 1.24 bits per heavy atom. The number of ether oxygens (including phenoxy) is 1. The van der Waals surface area contributed by atoms with E-state index in [1.165, 1.54) is 0 Å². The Bertz CT molecular complexity index is 367. The van der Waals surface area contributed by atoms with Crippen LogP contribution in [0.15, 0.2) is 18.5 Å². The molecule has 17 heavy (non-hydrogen) atoms. The second-order valence-corrected chi connectivity index (χ2v) is 5.58. The Kier molecular flexibility index (Phi) is 4.15. The fourth-order valence-electron chi connectivity index (χ4n) is 1.42. The first-order chi connectivity index (χ1) is 7.79. The quantitative estimate of drug-likeness (QED) is 0.874. The van der Waals surface area contributed by atoms with Crippen molar-refractivity contribution >= 4 is 0 Å². The van der Waals surface area contributed by atoms with Crippen molar-refractivity contribution in [3.05, 3.63) is 24.0 Å². The molecule has 1 aromatic heterocycles. The zero-order valence-electron chi connectivity index (χ0n) is 11.4. The smallest absolute Gasteiger partial charge is 0.137 e. The number of hydrogen-bond donors (Lipinski definition) is 1. The van der Waals surface area contributed by atoms with Gasteiger partial charge in [0.2, 0.25) is 0 Å². The molecule has 1 rings (SSSR count). The number of aromatic nitrogens is 1. The van der Waals surface area contributed by atoms with Crippen LogP contribution in [0.2, 0.25) is 0 Å². The molecular weight excluding hydrogens is 214 g/mol. The van der Waals surface area contributed by atoms with Crippen LogP contribution in [-0.2, 0) is 5.60 Å². The van der Waals surface area contributed by atoms with Crippen molar-refractivity contribution in [1.82, 2.24) is 4.98 Å². The molecule has 0 fully saturated rings. The SMILES string of the molecule is CCCOc1cncc(C(C)(O)C(C)(C)C)c1. The standard InChI is InChI=1S/C14H23NO2/c1-6-7-17-12-8-11(9-15-10-12)14(5,16)13(2,3)4/h8-10,16H,6-7H2,1-5H3. The summed E-state index contributed by atoms with van der Waals surface area (Å²) in [6, 6.07) is 1.87. The third kappa shape index (κ3) is 3.19. The lowest BCUT2D eigenvalue weighted by atomic mass is 9.74. The minimum atomic E-state index is -0.925. The zero-order chi connectivity index (χ0) is 13.1. The van der Waals surface area contributed by atoms with E-state index in [1.807, 2.05) is 33.8 Å². The Hall–Kier alpha value is -1.09. The summed E-state index contributed by atoms with van der Waals surface area (Å²) in [7, 11) is 0. The van der Waals surface area contributed by atoms with E-state index < -0.39 is 5.60 Å². The molecule has 1 atom stereocenters. The highest BCUT2D eigenvalue weighted by atomic mass is 16.5. The minimum Gasteiger partial charge on any atom is -0.492 e. The maximum absolute atomic E-state index is 10.6. The van der Waals surface area contributed by atoms with Crippen molar-refractivity contribution in [1.29, 1.82) is 0 Å². The van der Waals surface area contributed by atoms with Crippen LogP contribution in [0.5, 0.6) is 5.75 Å². The molecule has 0 saturated heterocycles. The fourth-order valence-corrected chi connectivity index (χ4v) is 1.42. The molecule has 0 bridgehead atoms. The van der Waals surface area contributed by atoms with E-state index in [4.69, 9.17) is 4.74 Å². The van der Waals surface area contributed by atoms with Crippen LogP contribution in [0.1, 0.15) is 46.6 Å². The van der Waals surface area contributed by atoms with Gasteiger partial charge in [0.1, 0.15) is 5.75 Å². The number of rotatable bonds is 4. The molecule has 0 aromatic carbocycles. The van der Waals surface area contributed by atoms with Crippen molar-refractivity contribution in [3.63, 3.8) is 0 Å². The van der Waals surface area contributed by atoms with E-state index >= 15 is 0 Å². The summed E-state index contributed by atoms with van der Waals surface area (Å²) in [5, 5.41) is 10.6. The van der Waals surface area contributed by atoms with Crippen LogP contribution >= 0.6 is 0 Å². The van der Waals surface area contributed by atoms with E-state index in [0.717, 1.165) is 12.0 Å². The first-order valence-corrected chi connectivity index (χ1v) is 6.09. The van der Waals surface area contributed by atoms with Gasteiger partial charge in [0, 0.05) is 11.8 Å². The number of aliphatic hydroxyl groups is 1. The van der Waals surface area contributed by atoms with E-state index in [1.54, 1.807) is 12.4 Å². The number of pyridine rings is 1. The molecule has 3 nitrogen and oxygen atoms in total. The van der Waals surface area contributed by atoms with Gasteiger partial charge in [0.05, 0.1) is 18.4 Å². The maximum Gasteiger partial charge on any atom is 0.137 e. The van der Waals surface area contributed by atoms with Crippen molar-refractivity contribution in [2.45, 2.75) is 46.6 Å². The zero-order valence-corrected chi connectivity index (χ0v) is 11.4. The lowest BCUT2D eigenvalue weighted by Gasteiger charge is -2.37. The number of nitrogens with zero attached hydrogens (tertiary/aromatic N) is 1. The Labute approximate surface area is 104 Å². The van der Waals surface area contributed by atoms with Gasteiger partial charge in [-0.1, -0.05) is 27.7 Å². The fraction of sp³-hybridized carbons (Fsp3) is 0.643. The highest BCUT2D eigenvalue weighted by molar-refractivity contribution is 5.29. The molecule has 1 heterocycles. The molecular formula is C14H23NO2. The monoisotopic (exact) mass is 237 g/mol. The van der Waals surface area contributed by atoms with Crippen LogP contribution in [0.3, 0.4) is 0 Å². The average Bonchev–Trinajstić information content (AvgIpc) is 2.25. The van der Waals surface area contributed by atoms with Crippen molar-refractivity contribution in [2.24, 2.45) is 5.41 Å². The number of hydrogen-bond acceptors (Lipinski definition) is 3. The van der Waals surface area contributed by atoms with Crippen molar-refractivity contribution in [3.8, 4) is 5.75 Å². The topological polar surface area (TPSA) is 42.4 Å². The first-order valence-electron chi connectivity index (χ1n) is 6.09. The summed E-state index contributed by atoms with van der Waals surface area (Å²) < 4.78 is 5.53. The van der Waals surface area contributed by atoms with E-state index in [0.29, 0.717) is 12.4 Å². The van der Waals surface area contributed by atoms with Gasteiger partial charge in [0.25, 0.3) is 0 Å². The summed E-state index contributed by atoms with van der Waals surface area (Å²) in [5.41, 5.74) is -0.387. The van der Waals surface area contributed by atoms with E-state index in [-0.39, 0.29) is 5.41 Å². The van der Waals surface area contributed by atoms with Gasteiger partial charge in [0.15, 0.2) is 0 Å². The predicted octanol–water partition coefficient (Wildman–Crippen LogP) is 3.12. The predicted molar refractivity (Wildman–Crippen MR) is 69.0 cm³/mol. The largest absolute Gasteiger partial charge is 0.492 e. The van der Waals surface area contributed by atoms with E-state index in [2.05, 4.69) is 11.9 Å². The molecule has 0 spiro atoms. The second kappa shape index (κ2) is 5.05. The van der Waals surface area contributed by atoms with Crippen LogP contribution < -0.4 is 4.74 Å². The maximum atomic E-state index is 10.6. The Morgan fingerprint density at radius 2 is 1.88 bits per heavy atom. The molecule has 0 aliphatic rings. The van der Waals surface area contributed by atoms with Crippen LogP contribution in [0, 0.1) is 5.41 Å². The van der Waals surface area contributed by atoms with Crippen molar-refractivity contribution < 1.29 is 9.84 Å². The summed E-state index contributed by atoms with van der Waals surface area (Å²) in [6.07, 6.45) is 4.34. The summed E-state index contributed by atoms with van der Waals surface area (Å²) in [6.45, 7) is 10.6. The molecule has 0 aliphatic heterocycles. The first kappa shape index (κ1) is 14.0. The summed E-state index contributed by atoms with van der Waals surface area (Å²) in [4.78, 5) is 4.13. The molecule has 0 radical (unpaired) electrons. The molecule has 1 unspecified atom stereocenters. The third-order valence-electron chi connectivity index (χ3n) is 3.21.